The van der Waals surface area contributed by atoms with Crippen LogP contribution in [0.25, 0.3) is 11.3 Å². The lowest BCUT2D eigenvalue weighted by molar-refractivity contribution is 0.622. The molecule has 14 heavy (non-hydrogen) atoms. The average Bonchev–Trinajstić information content (AvgIpc) is 2.19. The Bertz CT molecular complexity index is 489. The largest absolute Gasteiger partial charge is 0.268 e. The molecule has 0 aliphatic heterocycles. The molecule has 1 N–H and O–H groups in total. The maximum Gasteiger partial charge on any atom is 0.264 e. The summed E-state index contributed by atoms with van der Waals surface area (Å²) >= 11 is 0. The van der Waals surface area contributed by atoms with Gasteiger partial charge in [-0.25, -0.2) is 9.49 Å². The number of aromatic amines is 1. The highest BCUT2D eigenvalue weighted by Gasteiger charge is 2.00. The summed E-state index contributed by atoms with van der Waals surface area (Å²) in [7, 11) is 0. The minimum atomic E-state index is -0.435. The van der Waals surface area contributed by atoms with Crippen LogP contribution in [0.4, 0.5) is 4.39 Å². The Morgan fingerprint density at radius 3 is 2.79 bits per heavy atom. The predicted molar refractivity (Wildman–Crippen MR) is 48.0 cm³/mol. The second kappa shape index (κ2) is 3.37. The van der Waals surface area contributed by atoms with Crippen molar-refractivity contribution in [3.63, 3.8) is 0 Å². The minimum absolute atomic E-state index is 0.293. The summed E-state index contributed by atoms with van der Waals surface area (Å²) in [4.78, 5) is 14.4. The molecule has 0 amide bonds. The summed E-state index contributed by atoms with van der Waals surface area (Å²) < 4.78 is 12.8. The third-order valence-electron chi connectivity index (χ3n) is 1.68. The van der Waals surface area contributed by atoms with Crippen LogP contribution in [-0.2, 0) is 0 Å². The van der Waals surface area contributed by atoms with Gasteiger partial charge in [0.15, 0.2) is 0 Å². The van der Waals surface area contributed by atoms with Gasteiger partial charge >= 0.3 is 0 Å². The van der Waals surface area contributed by atoms with Crippen LogP contribution in [0.5, 0.6) is 0 Å². The van der Waals surface area contributed by atoms with Gasteiger partial charge in [0.25, 0.3) is 5.56 Å². The molecular formula is C9H6FN3O. The zero-order chi connectivity index (χ0) is 9.97. The second-order valence-electron chi connectivity index (χ2n) is 2.70. The number of pyridine rings is 1. The number of nitrogens with one attached hydrogen (secondary N) is 1. The van der Waals surface area contributed by atoms with Crippen molar-refractivity contribution >= 4 is 0 Å². The molecule has 2 rings (SSSR count). The molecule has 0 radical (unpaired) electrons. The summed E-state index contributed by atoms with van der Waals surface area (Å²) in [5.41, 5.74) is 0.718. The average molecular weight is 191 g/mol. The third-order valence-corrected chi connectivity index (χ3v) is 1.68. The van der Waals surface area contributed by atoms with Gasteiger partial charge in [-0.15, -0.1) is 0 Å². The van der Waals surface area contributed by atoms with Gasteiger partial charge < -0.3 is 0 Å². The van der Waals surface area contributed by atoms with Crippen LogP contribution in [0.15, 0.2) is 35.4 Å². The summed E-state index contributed by atoms with van der Waals surface area (Å²) in [5, 5.41) is 6.01. The number of hydrogen-bond donors (Lipinski definition) is 1. The van der Waals surface area contributed by atoms with E-state index in [0.717, 1.165) is 6.20 Å². The number of aromatic nitrogens is 3. The molecule has 4 nitrogen and oxygen atoms in total. The molecule has 0 aliphatic rings. The Hall–Kier alpha value is -2.04. The number of hydrogen-bond acceptors (Lipinski definition) is 3. The van der Waals surface area contributed by atoms with E-state index < -0.39 is 5.82 Å². The van der Waals surface area contributed by atoms with Crippen molar-refractivity contribution in [2.24, 2.45) is 0 Å². The summed E-state index contributed by atoms with van der Waals surface area (Å²) in [5.74, 6) is -0.435. The lowest BCUT2D eigenvalue weighted by atomic mass is 10.2. The quantitative estimate of drug-likeness (QED) is 0.730. The Balaban J connectivity index is 2.49. The molecule has 2 heterocycles. The van der Waals surface area contributed by atoms with Gasteiger partial charge in [-0.3, -0.25) is 9.78 Å². The molecule has 0 atom stereocenters. The van der Waals surface area contributed by atoms with E-state index in [-0.39, 0.29) is 5.56 Å². The molecule has 0 aliphatic carbocycles. The fourth-order valence-corrected chi connectivity index (χ4v) is 1.06. The summed E-state index contributed by atoms with van der Waals surface area (Å²) in [6.07, 6.45) is 2.58. The standard InChI is InChI=1S/C9H6FN3O/c10-7-3-6(4-11-5-7)8-1-2-9(14)13-12-8/h1-5H,(H,13,14). The first kappa shape index (κ1) is 8.55. The van der Waals surface area contributed by atoms with E-state index in [0.29, 0.717) is 11.3 Å². The monoisotopic (exact) mass is 191 g/mol. The topological polar surface area (TPSA) is 58.6 Å². The zero-order valence-corrected chi connectivity index (χ0v) is 7.07. The Morgan fingerprint density at radius 1 is 1.29 bits per heavy atom. The number of H-pyrrole nitrogens is 1. The summed E-state index contributed by atoms with van der Waals surface area (Å²) in [6.45, 7) is 0. The van der Waals surface area contributed by atoms with Crippen LogP contribution < -0.4 is 5.56 Å². The van der Waals surface area contributed by atoms with Gasteiger partial charge in [0.1, 0.15) is 5.82 Å². The number of rotatable bonds is 1. The number of halogens is 1. The van der Waals surface area contributed by atoms with Crippen molar-refractivity contribution in [1.82, 2.24) is 15.2 Å². The smallest absolute Gasteiger partial charge is 0.264 e. The molecule has 0 fully saturated rings. The van der Waals surface area contributed by atoms with E-state index in [1.807, 2.05) is 0 Å². The zero-order valence-electron chi connectivity index (χ0n) is 7.07. The van der Waals surface area contributed by atoms with E-state index in [1.54, 1.807) is 0 Å². The molecule has 70 valence electrons. The Morgan fingerprint density at radius 2 is 2.14 bits per heavy atom. The Kier molecular flexibility index (Phi) is 2.06. The van der Waals surface area contributed by atoms with Crippen LogP contribution in [0.3, 0.4) is 0 Å². The molecule has 0 bridgehead atoms. The van der Waals surface area contributed by atoms with Gasteiger partial charge in [-0.1, -0.05) is 0 Å². The maximum atomic E-state index is 12.8. The highest BCUT2D eigenvalue weighted by molar-refractivity contribution is 5.56. The Labute approximate surface area is 78.4 Å². The van der Waals surface area contributed by atoms with Crippen LogP contribution >= 0.6 is 0 Å². The fourth-order valence-electron chi connectivity index (χ4n) is 1.06. The molecule has 0 saturated carbocycles. The molecule has 0 spiro atoms. The van der Waals surface area contributed by atoms with Gasteiger partial charge in [0.05, 0.1) is 11.9 Å². The van der Waals surface area contributed by atoms with Crippen molar-refractivity contribution in [3.8, 4) is 11.3 Å². The molecular weight excluding hydrogens is 185 g/mol. The highest BCUT2D eigenvalue weighted by atomic mass is 19.1. The fraction of sp³-hybridized carbons (Fsp3) is 0. The van der Waals surface area contributed by atoms with Crippen LogP contribution in [0.1, 0.15) is 0 Å². The first-order valence-electron chi connectivity index (χ1n) is 3.92. The van der Waals surface area contributed by atoms with Gasteiger partial charge in [-0.05, 0) is 12.1 Å². The molecule has 0 unspecified atom stereocenters. The molecule has 5 heteroatoms. The first-order chi connectivity index (χ1) is 6.75. The van der Waals surface area contributed by atoms with Crippen molar-refractivity contribution in [3.05, 3.63) is 46.8 Å². The van der Waals surface area contributed by atoms with Gasteiger partial charge in [0.2, 0.25) is 0 Å². The molecule has 0 saturated heterocycles. The normalized spacial score (nSPS) is 10.1. The van der Waals surface area contributed by atoms with E-state index in [1.165, 1.54) is 24.4 Å². The molecule has 2 aromatic heterocycles. The van der Waals surface area contributed by atoms with Crippen molar-refractivity contribution < 1.29 is 4.39 Å². The molecule has 2 aromatic rings. The number of nitrogens with zero attached hydrogens (tertiary/aromatic N) is 2. The summed E-state index contributed by atoms with van der Waals surface area (Å²) in [6, 6.07) is 4.14. The van der Waals surface area contributed by atoms with E-state index in [4.69, 9.17) is 0 Å². The van der Waals surface area contributed by atoms with Crippen molar-refractivity contribution in [1.29, 1.82) is 0 Å². The molecule has 0 aromatic carbocycles. The van der Waals surface area contributed by atoms with Crippen molar-refractivity contribution in [2.45, 2.75) is 0 Å². The third kappa shape index (κ3) is 1.66. The predicted octanol–water partition coefficient (Wildman–Crippen LogP) is 0.971. The first-order valence-corrected chi connectivity index (χ1v) is 3.92. The van der Waals surface area contributed by atoms with Crippen LogP contribution in [0.2, 0.25) is 0 Å². The second-order valence-corrected chi connectivity index (χ2v) is 2.70. The lowest BCUT2D eigenvalue weighted by Crippen LogP contribution is -2.05. The van der Waals surface area contributed by atoms with Crippen molar-refractivity contribution in [2.75, 3.05) is 0 Å². The van der Waals surface area contributed by atoms with E-state index in [9.17, 15) is 9.18 Å². The van der Waals surface area contributed by atoms with E-state index >= 15 is 0 Å². The SMILES string of the molecule is O=c1ccc(-c2cncc(F)c2)n[nH]1. The lowest BCUT2D eigenvalue weighted by Gasteiger charge is -1.97. The highest BCUT2D eigenvalue weighted by Crippen LogP contribution is 2.13. The van der Waals surface area contributed by atoms with E-state index in [2.05, 4.69) is 15.2 Å². The minimum Gasteiger partial charge on any atom is -0.268 e. The van der Waals surface area contributed by atoms with Gasteiger partial charge in [0, 0.05) is 17.8 Å². The van der Waals surface area contributed by atoms with Crippen LogP contribution in [0, 0.1) is 5.82 Å². The van der Waals surface area contributed by atoms with Gasteiger partial charge in [-0.2, -0.15) is 5.10 Å². The maximum absolute atomic E-state index is 12.8. The van der Waals surface area contributed by atoms with Crippen LogP contribution in [-0.4, -0.2) is 15.2 Å².